The minimum absolute atomic E-state index is 0.00635. The molecule has 1 aliphatic carbocycles. The molecule has 1 aromatic heterocycles. The van der Waals surface area contributed by atoms with Crippen LogP contribution in [0.1, 0.15) is 49.7 Å². The monoisotopic (exact) mass is 367 g/mol. The van der Waals surface area contributed by atoms with Crippen LogP contribution < -0.4 is 16.2 Å². The maximum atomic E-state index is 11.9. The van der Waals surface area contributed by atoms with Gasteiger partial charge in [0.15, 0.2) is 0 Å². The largest absolute Gasteiger partial charge is 0.338 e. The molecule has 1 fully saturated rings. The average molecular weight is 367 g/mol. The Balaban J connectivity index is 1.38. The van der Waals surface area contributed by atoms with Gasteiger partial charge in [0.05, 0.1) is 6.54 Å². The first-order chi connectivity index (χ1) is 13.2. The zero-order chi connectivity index (χ0) is 18.9. The SMILES string of the molecule is O=C(NCCC1CCCCC1)NCc1ccc(Cn2ccccc2=O)cc1. The molecule has 2 N–H and O–H groups in total. The van der Waals surface area contributed by atoms with Gasteiger partial charge in [0.25, 0.3) is 5.56 Å². The summed E-state index contributed by atoms with van der Waals surface area (Å²) in [6.07, 6.45) is 9.54. The highest BCUT2D eigenvalue weighted by atomic mass is 16.2. The number of hydrogen-bond acceptors (Lipinski definition) is 2. The molecule has 0 radical (unpaired) electrons. The number of carbonyl (C=O) groups is 1. The van der Waals surface area contributed by atoms with Crippen LogP contribution in [0.5, 0.6) is 0 Å². The fourth-order valence-corrected chi connectivity index (χ4v) is 3.66. The first kappa shape index (κ1) is 19.2. The summed E-state index contributed by atoms with van der Waals surface area (Å²) in [6.45, 7) is 1.80. The number of rotatable bonds is 7. The van der Waals surface area contributed by atoms with Crippen molar-refractivity contribution in [3.8, 4) is 0 Å². The van der Waals surface area contributed by atoms with Crippen molar-refractivity contribution < 1.29 is 4.79 Å². The van der Waals surface area contributed by atoms with E-state index in [4.69, 9.17) is 0 Å². The fraction of sp³-hybridized carbons (Fsp3) is 0.455. The van der Waals surface area contributed by atoms with Gasteiger partial charge >= 0.3 is 6.03 Å². The summed E-state index contributed by atoms with van der Waals surface area (Å²) >= 11 is 0. The summed E-state index contributed by atoms with van der Waals surface area (Å²) in [5, 5.41) is 5.87. The molecule has 0 atom stereocenters. The van der Waals surface area contributed by atoms with E-state index in [0.29, 0.717) is 13.1 Å². The molecular formula is C22H29N3O2. The maximum absolute atomic E-state index is 11.9. The van der Waals surface area contributed by atoms with Gasteiger partial charge in [-0.1, -0.05) is 62.4 Å². The van der Waals surface area contributed by atoms with E-state index in [1.165, 1.54) is 32.1 Å². The normalized spacial score (nSPS) is 14.7. The van der Waals surface area contributed by atoms with E-state index in [-0.39, 0.29) is 11.6 Å². The van der Waals surface area contributed by atoms with E-state index in [1.54, 1.807) is 22.9 Å². The Morgan fingerprint density at radius 1 is 0.963 bits per heavy atom. The third-order valence-corrected chi connectivity index (χ3v) is 5.29. The fourth-order valence-electron chi connectivity index (χ4n) is 3.66. The van der Waals surface area contributed by atoms with Crippen molar-refractivity contribution in [2.45, 2.75) is 51.6 Å². The van der Waals surface area contributed by atoms with Crippen molar-refractivity contribution in [2.24, 2.45) is 5.92 Å². The molecule has 27 heavy (non-hydrogen) atoms. The summed E-state index contributed by atoms with van der Waals surface area (Å²) in [4.78, 5) is 23.7. The Morgan fingerprint density at radius 2 is 1.70 bits per heavy atom. The van der Waals surface area contributed by atoms with Crippen LogP contribution >= 0.6 is 0 Å². The number of urea groups is 1. The van der Waals surface area contributed by atoms with Crippen molar-refractivity contribution in [1.82, 2.24) is 15.2 Å². The van der Waals surface area contributed by atoms with E-state index in [1.807, 2.05) is 30.3 Å². The molecular weight excluding hydrogens is 338 g/mol. The lowest BCUT2D eigenvalue weighted by molar-refractivity contribution is 0.238. The van der Waals surface area contributed by atoms with Gasteiger partial charge in [-0.05, 0) is 29.5 Å². The molecule has 0 bridgehead atoms. The van der Waals surface area contributed by atoms with Crippen molar-refractivity contribution in [3.63, 3.8) is 0 Å². The summed E-state index contributed by atoms with van der Waals surface area (Å²) < 4.78 is 1.67. The molecule has 0 unspecified atom stereocenters. The van der Waals surface area contributed by atoms with Crippen molar-refractivity contribution in [3.05, 3.63) is 70.1 Å². The zero-order valence-corrected chi connectivity index (χ0v) is 15.8. The highest BCUT2D eigenvalue weighted by molar-refractivity contribution is 5.73. The van der Waals surface area contributed by atoms with Crippen molar-refractivity contribution >= 4 is 6.03 Å². The molecule has 5 nitrogen and oxygen atoms in total. The molecule has 0 spiro atoms. The summed E-state index contributed by atoms with van der Waals surface area (Å²) in [5.74, 6) is 0.781. The maximum Gasteiger partial charge on any atom is 0.315 e. The topological polar surface area (TPSA) is 63.1 Å². The van der Waals surface area contributed by atoms with Crippen LogP contribution in [-0.2, 0) is 13.1 Å². The molecule has 0 aliphatic heterocycles. The van der Waals surface area contributed by atoms with Crippen molar-refractivity contribution in [2.75, 3.05) is 6.54 Å². The second kappa shape index (κ2) is 9.95. The molecule has 1 saturated carbocycles. The van der Waals surface area contributed by atoms with Crippen LogP contribution in [-0.4, -0.2) is 17.1 Å². The van der Waals surface area contributed by atoms with Crippen LogP contribution in [0.4, 0.5) is 4.79 Å². The summed E-state index contributed by atoms with van der Waals surface area (Å²) in [6, 6.07) is 13.0. The number of nitrogens with zero attached hydrogens (tertiary/aromatic N) is 1. The van der Waals surface area contributed by atoms with Gasteiger partial charge in [0, 0.05) is 25.4 Å². The second-order valence-corrected chi connectivity index (χ2v) is 7.39. The van der Waals surface area contributed by atoms with Crippen LogP contribution in [0.3, 0.4) is 0 Å². The summed E-state index contributed by atoms with van der Waals surface area (Å²) in [5.41, 5.74) is 2.10. The number of aromatic nitrogens is 1. The number of carbonyl (C=O) groups excluding carboxylic acids is 1. The molecule has 144 valence electrons. The minimum Gasteiger partial charge on any atom is -0.338 e. The Labute approximate surface area is 160 Å². The Hall–Kier alpha value is -2.56. The Morgan fingerprint density at radius 3 is 2.44 bits per heavy atom. The minimum atomic E-state index is -0.106. The summed E-state index contributed by atoms with van der Waals surface area (Å²) in [7, 11) is 0. The highest BCUT2D eigenvalue weighted by Crippen LogP contribution is 2.25. The number of benzene rings is 1. The van der Waals surface area contributed by atoms with Gasteiger partial charge in [-0.25, -0.2) is 4.79 Å². The highest BCUT2D eigenvalue weighted by Gasteiger charge is 2.13. The van der Waals surface area contributed by atoms with Gasteiger partial charge in [-0.15, -0.1) is 0 Å². The standard InChI is InChI=1S/C22H29N3O2/c26-21-8-4-5-15-25(21)17-20-11-9-19(10-12-20)16-24-22(27)23-14-13-18-6-2-1-3-7-18/h4-5,8-12,15,18H,1-3,6-7,13-14,16-17H2,(H2,23,24,27). The van der Waals surface area contributed by atoms with Gasteiger partial charge in [0.2, 0.25) is 0 Å². The molecule has 2 amide bonds. The number of amides is 2. The van der Waals surface area contributed by atoms with Crippen LogP contribution in [0.2, 0.25) is 0 Å². The second-order valence-electron chi connectivity index (χ2n) is 7.39. The molecule has 1 heterocycles. The first-order valence-electron chi connectivity index (χ1n) is 9.96. The van der Waals surface area contributed by atoms with E-state index < -0.39 is 0 Å². The third kappa shape index (κ3) is 6.27. The van der Waals surface area contributed by atoms with Gasteiger partial charge in [-0.3, -0.25) is 4.79 Å². The van der Waals surface area contributed by atoms with Crippen LogP contribution in [0.25, 0.3) is 0 Å². The van der Waals surface area contributed by atoms with Gasteiger partial charge < -0.3 is 15.2 Å². The Kier molecular flexibility index (Phi) is 7.08. The lowest BCUT2D eigenvalue weighted by Gasteiger charge is -2.21. The van der Waals surface area contributed by atoms with Crippen LogP contribution in [0, 0.1) is 5.92 Å². The predicted octanol–water partition coefficient (Wildman–Crippen LogP) is 3.67. The van der Waals surface area contributed by atoms with E-state index in [2.05, 4.69) is 10.6 Å². The number of hydrogen-bond donors (Lipinski definition) is 2. The molecule has 5 heteroatoms. The van der Waals surface area contributed by atoms with Gasteiger partial charge in [-0.2, -0.15) is 0 Å². The van der Waals surface area contributed by atoms with E-state index in [9.17, 15) is 9.59 Å². The zero-order valence-electron chi connectivity index (χ0n) is 15.8. The molecule has 0 saturated heterocycles. The molecule has 2 aromatic rings. The lowest BCUT2D eigenvalue weighted by Crippen LogP contribution is -2.36. The van der Waals surface area contributed by atoms with Gasteiger partial charge in [0.1, 0.15) is 0 Å². The van der Waals surface area contributed by atoms with Crippen molar-refractivity contribution in [1.29, 1.82) is 0 Å². The third-order valence-electron chi connectivity index (χ3n) is 5.29. The first-order valence-corrected chi connectivity index (χ1v) is 9.96. The van der Waals surface area contributed by atoms with Crippen LogP contribution in [0.15, 0.2) is 53.5 Å². The number of nitrogens with one attached hydrogen (secondary N) is 2. The average Bonchev–Trinajstić information content (AvgIpc) is 2.70. The molecule has 1 aliphatic rings. The predicted molar refractivity (Wildman–Crippen MR) is 108 cm³/mol. The van der Waals surface area contributed by atoms with E-state index in [0.717, 1.165) is 30.0 Å². The molecule has 1 aromatic carbocycles. The lowest BCUT2D eigenvalue weighted by atomic mass is 9.87. The number of pyridine rings is 1. The van der Waals surface area contributed by atoms with E-state index >= 15 is 0 Å². The quantitative estimate of drug-likeness (QED) is 0.784. The smallest absolute Gasteiger partial charge is 0.315 e. The Bertz CT molecular complexity index is 777. The molecule has 3 rings (SSSR count).